The first-order valence-electron chi connectivity index (χ1n) is 6.06. The van der Waals surface area contributed by atoms with Crippen molar-refractivity contribution in [3.63, 3.8) is 0 Å². The Hall–Kier alpha value is -2.13. The van der Waals surface area contributed by atoms with Crippen LogP contribution in [0.15, 0.2) is 48.5 Å². The molecule has 0 unspecified atom stereocenters. The fourth-order valence-electron chi connectivity index (χ4n) is 1.78. The maximum absolute atomic E-state index is 12.2. The molecule has 0 N–H and O–H groups in total. The smallest absolute Gasteiger partial charge is 0.309 e. The maximum atomic E-state index is 12.2. The van der Waals surface area contributed by atoms with Crippen LogP contribution in [-0.4, -0.2) is 18.9 Å². The molecule has 20 heavy (non-hydrogen) atoms. The fraction of sp³-hybridized carbons (Fsp3) is 0.125. The summed E-state index contributed by atoms with van der Waals surface area (Å²) >= 11 is 5.79. The fourth-order valence-corrected chi connectivity index (χ4v) is 1.91. The molecule has 0 aromatic heterocycles. The van der Waals surface area contributed by atoms with E-state index in [1.54, 1.807) is 48.5 Å². The highest BCUT2D eigenvalue weighted by Crippen LogP contribution is 2.14. The van der Waals surface area contributed by atoms with Gasteiger partial charge >= 0.3 is 5.97 Å². The molecular formula is C16H13ClO3. The number of hydrogen-bond donors (Lipinski definition) is 0. The van der Waals surface area contributed by atoms with Gasteiger partial charge in [-0.3, -0.25) is 9.59 Å². The van der Waals surface area contributed by atoms with E-state index in [0.717, 1.165) is 5.56 Å². The van der Waals surface area contributed by atoms with Crippen LogP contribution in [0.5, 0.6) is 0 Å². The summed E-state index contributed by atoms with van der Waals surface area (Å²) < 4.78 is 4.59. The third kappa shape index (κ3) is 3.45. The summed E-state index contributed by atoms with van der Waals surface area (Å²) in [5.74, 6) is -0.381. The van der Waals surface area contributed by atoms with Crippen molar-refractivity contribution in [2.24, 2.45) is 0 Å². The number of carbonyl (C=O) groups is 2. The van der Waals surface area contributed by atoms with Crippen molar-refractivity contribution in [2.45, 2.75) is 6.42 Å². The van der Waals surface area contributed by atoms with Crippen molar-refractivity contribution >= 4 is 23.4 Å². The van der Waals surface area contributed by atoms with Gasteiger partial charge in [-0.2, -0.15) is 0 Å². The molecule has 0 spiro atoms. The normalized spacial score (nSPS) is 10.1. The largest absolute Gasteiger partial charge is 0.469 e. The van der Waals surface area contributed by atoms with Crippen molar-refractivity contribution < 1.29 is 14.3 Å². The summed E-state index contributed by atoms with van der Waals surface area (Å²) in [5.41, 5.74) is 1.96. The monoisotopic (exact) mass is 288 g/mol. The van der Waals surface area contributed by atoms with Crippen LogP contribution in [0.4, 0.5) is 0 Å². The van der Waals surface area contributed by atoms with Gasteiger partial charge in [0.2, 0.25) is 0 Å². The Morgan fingerprint density at radius 1 is 0.950 bits per heavy atom. The second-order valence-electron chi connectivity index (χ2n) is 4.29. The quantitative estimate of drug-likeness (QED) is 0.640. The van der Waals surface area contributed by atoms with E-state index in [-0.39, 0.29) is 18.2 Å². The number of benzene rings is 2. The number of rotatable bonds is 4. The highest BCUT2D eigenvalue weighted by molar-refractivity contribution is 6.30. The first-order chi connectivity index (χ1) is 9.60. The Bertz CT molecular complexity index is 615. The SMILES string of the molecule is COC(=O)Cc1ccc(C(=O)c2ccc(Cl)cc2)cc1. The Balaban J connectivity index is 2.15. The zero-order chi connectivity index (χ0) is 14.5. The summed E-state index contributed by atoms with van der Waals surface area (Å²) in [4.78, 5) is 23.4. The molecule has 0 saturated carbocycles. The first-order valence-corrected chi connectivity index (χ1v) is 6.44. The molecule has 0 aliphatic carbocycles. The minimum Gasteiger partial charge on any atom is -0.469 e. The van der Waals surface area contributed by atoms with E-state index in [1.165, 1.54) is 7.11 Å². The molecule has 0 heterocycles. The topological polar surface area (TPSA) is 43.4 Å². The molecule has 3 nitrogen and oxygen atoms in total. The number of methoxy groups -OCH3 is 1. The van der Waals surface area contributed by atoms with Gasteiger partial charge in [-0.15, -0.1) is 0 Å². The van der Waals surface area contributed by atoms with Crippen molar-refractivity contribution in [3.8, 4) is 0 Å². The van der Waals surface area contributed by atoms with Gasteiger partial charge in [0, 0.05) is 16.1 Å². The molecule has 0 fully saturated rings. The van der Waals surface area contributed by atoms with Crippen LogP contribution >= 0.6 is 11.6 Å². The molecule has 0 bridgehead atoms. The highest BCUT2D eigenvalue weighted by Gasteiger charge is 2.09. The Labute approximate surface area is 122 Å². The molecule has 0 amide bonds. The van der Waals surface area contributed by atoms with Gasteiger partial charge in [-0.1, -0.05) is 35.9 Å². The lowest BCUT2D eigenvalue weighted by Gasteiger charge is -2.04. The van der Waals surface area contributed by atoms with Gasteiger partial charge in [0.1, 0.15) is 0 Å². The van der Waals surface area contributed by atoms with Crippen molar-refractivity contribution in [1.82, 2.24) is 0 Å². The van der Waals surface area contributed by atoms with Gasteiger partial charge in [0.25, 0.3) is 0 Å². The molecule has 0 aliphatic rings. The van der Waals surface area contributed by atoms with Gasteiger partial charge in [0.15, 0.2) is 5.78 Å². The van der Waals surface area contributed by atoms with Gasteiger partial charge < -0.3 is 4.74 Å². The van der Waals surface area contributed by atoms with E-state index in [1.807, 2.05) is 0 Å². The predicted octanol–water partition coefficient (Wildman–Crippen LogP) is 3.29. The number of carbonyl (C=O) groups excluding carboxylic acids is 2. The predicted molar refractivity (Wildman–Crippen MR) is 77.0 cm³/mol. The number of halogens is 1. The van der Waals surface area contributed by atoms with E-state index >= 15 is 0 Å². The summed E-state index contributed by atoms with van der Waals surface area (Å²) in [7, 11) is 1.35. The third-order valence-corrected chi connectivity index (χ3v) is 3.15. The molecule has 102 valence electrons. The Kier molecular flexibility index (Phi) is 4.53. The van der Waals surface area contributed by atoms with E-state index in [9.17, 15) is 9.59 Å². The zero-order valence-electron chi connectivity index (χ0n) is 10.9. The van der Waals surface area contributed by atoms with Crippen LogP contribution in [0, 0.1) is 0 Å². The standard InChI is InChI=1S/C16H13ClO3/c1-20-15(18)10-11-2-4-12(5-3-11)16(19)13-6-8-14(17)9-7-13/h2-9H,10H2,1H3. The number of ether oxygens (including phenoxy) is 1. The molecule has 2 aromatic rings. The molecular weight excluding hydrogens is 276 g/mol. The molecule has 0 atom stereocenters. The molecule has 2 rings (SSSR count). The average molecular weight is 289 g/mol. The maximum Gasteiger partial charge on any atom is 0.309 e. The van der Waals surface area contributed by atoms with Crippen LogP contribution in [0.1, 0.15) is 21.5 Å². The van der Waals surface area contributed by atoms with Gasteiger partial charge in [-0.05, 0) is 29.8 Å². The number of ketones is 1. The Morgan fingerprint density at radius 2 is 1.45 bits per heavy atom. The summed E-state index contributed by atoms with van der Waals surface area (Å²) in [6.07, 6.45) is 0.200. The minimum absolute atomic E-state index is 0.0775. The molecule has 4 heteroatoms. The van der Waals surface area contributed by atoms with E-state index in [4.69, 9.17) is 11.6 Å². The van der Waals surface area contributed by atoms with Crippen molar-refractivity contribution in [2.75, 3.05) is 7.11 Å². The summed E-state index contributed by atoms with van der Waals surface area (Å²) in [6, 6.07) is 13.6. The van der Waals surface area contributed by atoms with Crippen molar-refractivity contribution in [3.05, 3.63) is 70.2 Å². The highest BCUT2D eigenvalue weighted by atomic mass is 35.5. The van der Waals surface area contributed by atoms with Crippen LogP contribution in [0.25, 0.3) is 0 Å². The van der Waals surface area contributed by atoms with Crippen molar-refractivity contribution in [1.29, 1.82) is 0 Å². The van der Waals surface area contributed by atoms with Crippen LogP contribution in [0.2, 0.25) is 5.02 Å². The number of hydrogen-bond acceptors (Lipinski definition) is 3. The second kappa shape index (κ2) is 6.35. The van der Waals surface area contributed by atoms with Crippen LogP contribution in [-0.2, 0) is 16.0 Å². The average Bonchev–Trinajstić information content (AvgIpc) is 2.48. The molecule has 0 aliphatic heterocycles. The summed E-state index contributed by atoms with van der Waals surface area (Å²) in [5, 5.41) is 0.593. The summed E-state index contributed by atoms with van der Waals surface area (Å²) in [6.45, 7) is 0. The first kappa shape index (κ1) is 14.3. The van der Waals surface area contributed by atoms with E-state index in [2.05, 4.69) is 4.74 Å². The van der Waals surface area contributed by atoms with Crippen LogP contribution in [0.3, 0.4) is 0 Å². The zero-order valence-corrected chi connectivity index (χ0v) is 11.7. The second-order valence-corrected chi connectivity index (χ2v) is 4.72. The van der Waals surface area contributed by atoms with E-state index < -0.39 is 0 Å². The van der Waals surface area contributed by atoms with Crippen LogP contribution < -0.4 is 0 Å². The molecule has 2 aromatic carbocycles. The Morgan fingerprint density at radius 3 is 1.95 bits per heavy atom. The van der Waals surface area contributed by atoms with Gasteiger partial charge in [0.05, 0.1) is 13.5 Å². The van der Waals surface area contributed by atoms with E-state index in [0.29, 0.717) is 16.1 Å². The molecule has 0 radical (unpaired) electrons. The lowest BCUT2D eigenvalue weighted by Crippen LogP contribution is -2.05. The number of esters is 1. The minimum atomic E-state index is -0.304. The lowest BCUT2D eigenvalue weighted by molar-refractivity contribution is -0.139. The third-order valence-electron chi connectivity index (χ3n) is 2.90. The van der Waals surface area contributed by atoms with Gasteiger partial charge in [-0.25, -0.2) is 0 Å². The molecule has 0 saturated heterocycles. The lowest BCUT2D eigenvalue weighted by atomic mass is 10.0.